The Morgan fingerprint density at radius 3 is 2.33 bits per heavy atom. The average molecular weight is 302 g/mol. The normalized spacial score (nSPS) is 13.5. The highest BCUT2D eigenvalue weighted by Crippen LogP contribution is 2.19. The van der Waals surface area contributed by atoms with Crippen LogP contribution in [-0.4, -0.2) is 49.6 Å². The van der Waals surface area contributed by atoms with Crippen molar-refractivity contribution in [2.45, 2.75) is 26.3 Å². The number of sulfonamides is 1. The van der Waals surface area contributed by atoms with Gasteiger partial charge in [-0.15, -0.1) is 0 Å². The molecular weight excluding hydrogens is 282 g/mol. The van der Waals surface area contributed by atoms with E-state index in [1.165, 1.54) is 4.31 Å². The first-order chi connectivity index (χ1) is 6.78. The summed E-state index contributed by atoms with van der Waals surface area (Å²) >= 11 is 3.31. The van der Waals surface area contributed by atoms with Crippen molar-refractivity contribution in [1.29, 1.82) is 0 Å². The average Bonchev–Trinajstić information content (AvgIpc) is 2.17. The maximum absolute atomic E-state index is 11.8. The van der Waals surface area contributed by atoms with Crippen LogP contribution in [0.25, 0.3) is 0 Å². The Labute approximate surface area is 101 Å². The van der Waals surface area contributed by atoms with Crippen molar-refractivity contribution in [3.8, 4) is 0 Å². The largest absolute Gasteiger partial charge is 0.381 e. The molecule has 0 atom stereocenters. The first-order valence-corrected chi connectivity index (χ1v) is 7.61. The summed E-state index contributed by atoms with van der Waals surface area (Å²) < 4.78 is 30.1. The Kier molecular flexibility index (Phi) is 6.32. The van der Waals surface area contributed by atoms with Crippen molar-refractivity contribution < 1.29 is 13.2 Å². The van der Waals surface area contributed by atoms with E-state index in [-0.39, 0.29) is 12.4 Å². The summed E-state index contributed by atoms with van der Waals surface area (Å²) in [4.78, 5) is 0. The second-order valence-electron chi connectivity index (χ2n) is 3.93. The van der Waals surface area contributed by atoms with Crippen molar-refractivity contribution in [2.24, 2.45) is 0 Å². The second-order valence-corrected chi connectivity index (χ2v) is 6.61. The van der Waals surface area contributed by atoms with Crippen molar-refractivity contribution in [1.82, 2.24) is 4.31 Å². The Morgan fingerprint density at radius 1 is 1.40 bits per heavy atom. The van der Waals surface area contributed by atoms with Crippen LogP contribution in [0.2, 0.25) is 0 Å². The van der Waals surface area contributed by atoms with Crippen LogP contribution in [0, 0.1) is 0 Å². The van der Waals surface area contributed by atoms with Gasteiger partial charge in [0.2, 0.25) is 10.0 Å². The zero-order chi connectivity index (χ0) is 12.1. The zero-order valence-corrected chi connectivity index (χ0v) is 12.2. The summed E-state index contributed by atoms with van der Waals surface area (Å²) in [5, 5.41) is 0.602. The number of alkyl halides is 1. The number of ether oxygens (including phenoxy) is 1. The lowest BCUT2D eigenvalue weighted by Gasteiger charge is -2.32. The quantitative estimate of drug-likeness (QED) is 0.528. The number of rotatable bonds is 7. The molecule has 0 spiro atoms. The van der Waals surface area contributed by atoms with Crippen molar-refractivity contribution >= 4 is 26.0 Å². The summed E-state index contributed by atoms with van der Waals surface area (Å²) in [5.74, 6) is 0.0355. The number of hydrogen-bond acceptors (Lipinski definition) is 3. The van der Waals surface area contributed by atoms with Gasteiger partial charge in [0.25, 0.3) is 0 Å². The topological polar surface area (TPSA) is 46.6 Å². The fourth-order valence-corrected chi connectivity index (χ4v) is 2.87. The van der Waals surface area contributed by atoms with Crippen molar-refractivity contribution in [2.75, 3.05) is 31.3 Å². The second kappa shape index (κ2) is 6.18. The molecule has 0 bridgehead atoms. The Balaban J connectivity index is 4.46. The van der Waals surface area contributed by atoms with Crippen LogP contribution in [0.1, 0.15) is 20.8 Å². The summed E-state index contributed by atoms with van der Waals surface area (Å²) in [5.41, 5.74) is -0.412. The molecule has 0 amide bonds. The van der Waals surface area contributed by atoms with Gasteiger partial charge < -0.3 is 4.74 Å². The van der Waals surface area contributed by atoms with Gasteiger partial charge >= 0.3 is 0 Å². The minimum atomic E-state index is -3.22. The third-order valence-corrected chi connectivity index (χ3v) is 5.67. The van der Waals surface area contributed by atoms with E-state index in [0.29, 0.717) is 11.9 Å². The molecule has 0 radical (unpaired) electrons. The molecule has 0 aliphatic heterocycles. The lowest BCUT2D eigenvalue weighted by molar-refractivity contribution is 0.161. The van der Waals surface area contributed by atoms with Crippen LogP contribution in [-0.2, 0) is 14.8 Å². The fourth-order valence-electron chi connectivity index (χ4n) is 0.906. The van der Waals surface area contributed by atoms with Crippen LogP contribution in [0.3, 0.4) is 0 Å². The van der Waals surface area contributed by atoms with Crippen molar-refractivity contribution in [3.63, 3.8) is 0 Å². The lowest BCUT2D eigenvalue weighted by atomic mass is 10.1. The van der Waals surface area contributed by atoms with E-state index in [9.17, 15) is 8.42 Å². The molecule has 0 saturated heterocycles. The zero-order valence-electron chi connectivity index (χ0n) is 9.79. The van der Waals surface area contributed by atoms with Gasteiger partial charge in [0.15, 0.2) is 0 Å². The third kappa shape index (κ3) is 4.80. The SMILES string of the molecule is CCOCCS(=O)(=O)N(C)C(C)(C)CBr. The Bertz CT molecular complexity index is 277. The molecule has 0 saturated carbocycles. The molecule has 6 heteroatoms. The predicted octanol–water partition coefficient (Wildman–Crippen LogP) is 1.46. The van der Waals surface area contributed by atoms with E-state index >= 15 is 0 Å². The molecule has 0 unspecified atom stereocenters. The van der Waals surface area contributed by atoms with E-state index in [1.807, 2.05) is 20.8 Å². The molecule has 4 nitrogen and oxygen atoms in total. The molecule has 0 aliphatic rings. The minimum absolute atomic E-state index is 0.0355. The summed E-state index contributed by atoms with van der Waals surface area (Å²) in [6.07, 6.45) is 0. The first kappa shape index (κ1) is 15.3. The highest BCUT2D eigenvalue weighted by molar-refractivity contribution is 9.09. The van der Waals surface area contributed by atoms with Crippen LogP contribution < -0.4 is 0 Å². The van der Waals surface area contributed by atoms with Crippen LogP contribution >= 0.6 is 15.9 Å². The van der Waals surface area contributed by atoms with Crippen LogP contribution in [0.5, 0.6) is 0 Å². The summed E-state index contributed by atoms with van der Waals surface area (Å²) in [6.45, 7) is 6.39. The van der Waals surface area contributed by atoms with Gasteiger partial charge in [-0.1, -0.05) is 15.9 Å². The molecule has 0 rings (SSSR count). The molecule has 0 heterocycles. The lowest BCUT2D eigenvalue weighted by Crippen LogP contribution is -2.47. The standard InChI is InChI=1S/C9H20BrNO3S/c1-5-14-6-7-15(12,13)11(4)9(2,3)8-10/h5-8H2,1-4H3. The monoisotopic (exact) mass is 301 g/mol. The van der Waals surface area contributed by atoms with Gasteiger partial charge in [0.05, 0.1) is 12.4 Å². The van der Waals surface area contributed by atoms with Crippen LogP contribution in [0.15, 0.2) is 0 Å². The van der Waals surface area contributed by atoms with Gasteiger partial charge in [-0.05, 0) is 20.8 Å². The molecule has 0 fully saturated rings. The highest BCUT2D eigenvalue weighted by Gasteiger charge is 2.31. The van der Waals surface area contributed by atoms with Gasteiger partial charge in [-0.3, -0.25) is 0 Å². The predicted molar refractivity (Wildman–Crippen MR) is 65.9 cm³/mol. The molecule has 0 aromatic carbocycles. The molecular formula is C9H20BrNO3S. The van der Waals surface area contributed by atoms with E-state index in [0.717, 1.165) is 0 Å². The number of halogens is 1. The summed E-state index contributed by atoms with van der Waals surface area (Å²) in [6, 6.07) is 0. The minimum Gasteiger partial charge on any atom is -0.381 e. The maximum Gasteiger partial charge on any atom is 0.216 e. The van der Waals surface area contributed by atoms with Crippen molar-refractivity contribution in [3.05, 3.63) is 0 Å². The van der Waals surface area contributed by atoms with Crippen LogP contribution in [0.4, 0.5) is 0 Å². The Morgan fingerprint density at radius 2 is 1.93 bits per heavy atom. The molecule has 92 valence electrons. The highest BCUT2D eigenvalue weighted by atomic mass is 79.9. The van der Waals surface area contributed by atoms with Gasteiger partial charge in [-0.25, -0.2) is 8.42 Å². The molecule has 0 aromatic heterocycles. The number of nitrogens with zero attached hydrogens (tertiary/aromatic N) is 1. The van der Waals surface area contributed by atoms with E-state index < -0.39 is 15.6 Å². The fraction of sp³-hybridized carbons (Fsp3) is 1.00. The molecule has 0 aromatic rings. The van der Waals surface area contributed by atoms with E-state index in [2.05, 4.69) is 15.9 Å². The number of hydrogen-bond donors (Lipinski definition) is 0. The molecule has 0 aliphatic carbocycles. The van der Waals surface area contributed by atoms with E-state index in [4.69, 9.17) is 4.74 Å². The molecule has 0 N–H and O–H groups in total. The van der Waals surface area contributed by atoms with E-state index in [1.54, 1.807) is 7.05 Å². The van der Waals surface area contributed by atoms with Gasteiger partial charge in [-0.2, -0.15) is 4.31 Å². The smallest absolute Gasteiger partial charge is 0.216 e. The third-order valence-electron chi connectivity index (χ3n) is 2.29. The first-order valence-electron chi connectivity index (χ1n) is 4.88. The van der Waals surface area contributed by atoms with Gasteiger partial charge in [0.1, 0.15) is 0 Å². The Hall–Kier alpha value is 0.350. The summed E-state index contributed by atoms with van der Waals surface area (Å²) in [7, 11) is -1.62. The van der Waals surface area contributed by atoms with Gasteiger partial charge in [0, 0.05) is 24.5 Å². The molecule has 15 heavy (non-hydrogen) atoms. The maximum atomic E-state index is 11.8.